The molecule has 0 aliphatic rings. The standard InChI is InChI=1S/C12H15NO3/c1-9(14)11(7-12(15)16)13-8-10-5-3-2-4-6-10/h2-7,9,13-14H,8H2,1H3,(H,15,16). The van der Waals surface area contributed by atoms with Crippen molar-refractivity contribution in [2.45, 2.75) is 19.6 Å². The summed E-state index contributed by atoms with van der Waals surface area (Å²) in [4.78, 5) is 10.5. The largest absolute Gasteiger partial charge is 0.478 e. The smallest absolute Gasteiger partial charge is 0.330 e. The summed E-state index contributed by atoms with van der Waals surface area (Å²) in [5, 5.41) is 20.8. The van der Waals surface area contributed by atoms with E-state index in [1.165, 1.54) is 6.92 Å². The van der Waals surface area contributed by atoms with Gasteiger partial charge in [-0.05, 0) is 12.5 Å². The Morgan fingerprint density at radius 1 is 1.44 bits per heavy atom. The van der Waals surface area contributed by atoms with E-state index in [0.717, 1.165) is 11.6 Å². The third-order valence-electron chi connectivity index (χ3n) is 2.07. The second-order valence-electron chi connectivity index (χ2n) is 3.45. The van der Waals surface area contributed by atoms with Gasteiger partial charge >= 0.3 is 5.97 Å². The van der Waals surface area contributed by atoms with Gasteiger partial charge in [0.25, 0.3) is 0 Å². The van der Waals surface area contributed by atoms with Gasteiger partial charge in [-0.25, -0.2) is 4.79 Å². The van der Waals surface area contributed by atoms with E-state index in [-0.39, 0.29) is 0 Å². The van der Waals surface area contributed by atoms with Crippen molar-refractivity contribution in [1.82, 2.24) is 5.32 Å². The van der Waals surface area contributed by atoms with Crippen molar-refractivity contribution < 1.29 is 15.0 Å². The Morgan fingerprint density at radius 2 is 2.06 bits per heavy atom. The summed E-state index contributed by atoms with van der Waals surface area (Å²) >= 11 is 0. The van der Waals surface area contributed by atoms with Crippen molar-refractivity contribution >= 4 is 5.97 Å². The predicted molar refractivity (Wildman–Crippen MR) is 60.7 cm³/mol. The normalized spacial score (nSPS) is 13.2. The number of carboxylic acids is 1. The summed E-state index contributed by atoms with van der Waals surface area (Å²) in [5.41, 5.74) is 1.33. The van der Waals surface area contributed by atoms with Crippen LogP contribution in [0.3, 0.4) is 0 Å². The minimum absolute atomic E-state index is 0.302. The van der Waals surface area contributed by atoms with Crippen LogP contribution in [0.25, 0.3) is 0 Å². The lowest BCUT2D eigenvalue weighted by Crippen LogP contribution is -2.22. The van der Waals surface area contributed by atoms with Gasteiger partial charge in [0.2, 0.25) is 0 Å². The Kier molecular flexibility index (Phi) is 4.54. The molecular formula is C12H15NO3. The van der Waals surface area contributed by atoms with Crippen LogP contribution in [-0.4, -0.2) is 22.3 Å². The first-order valence-electron chi connectivity index (χ1n) is 5.00. The van der Waals surface area contributed by atoms with Crippen molar-refractivity contribution in [3.05, 3.63) is 47.7 Å². The van der Waals surface area contributed by atoms with Gasteiger partial charge in [0.05, 0.1) is 6.10 Å². The molecule has 1 rings (SSSR count). The molecule has 4 nitrogen and oxygen atoms in total. The van der Waals surface area contributed by atoms with Crippen LogP contribution in [0.5, 0.6) is 0 Å². The molecule has 0 bridgehead atoms. The minimum atomic E-state index is -1.07. The summed E-state index contributed by atoms with van der Waals surface area (Å²) in [6.07, 6.45) is 0.160. The molecule has 86 valence electrons. The number of rotatable bonds is 5. The highest BCUT2D eigenvalue weighted by Crippen LogP contribution is 2.02. The zero-order chi connectivity index (χ0) is 12.0. The van der Waals surface area contributed by atoms with E-state index >= 15 is 0 Å². The van der Waals surface area contributed by atoms with Crippen LogP contribution >= 0.6 is 0 Å². The molecule has 3 N–H and O–H groups in total. The number of carbonyl (C=O) groups is 1. The molecule has 0 amide bonds. The molecule has 16 heavy (non-hydrogen) atoms. The third-order valence-corrected chi connectivity index (χ3v) is 2.07. The Labute approximate surface area is 94.2 Å². The van der Waals surface area contributed by atoms with Crippen LogP contribution in [0.2, 0.25) is 0 Å². The van der Waals surface area contributed by atoms with Crippen LogP contribution in [0, 0.1) is 0 Å². The maximum Gasteiger partial charge on any atom is 0.330 e. The molecule has 4 heteroatoms. The molecule has 0 saturated carbocycles. The number of nitrogens with one attached hydrogen (secondary N) is 1. The summed E-state index contributed by atoms with van der Waals surface area (Å²) in [6, 6.07) is 9.56. The third kappa shape index (κ3) is 4.14. The van der Waals surface area contributed by atoms with Crippen LogP contribution in [0.15, 0.2) is 42.1 Å². The van der Waals surface area contributed by atoms with E-state index in [9.17, 15) is 9.90 Å². The number of aliphatic hydroxyl groups excluding tert-OH is 1. The fraction of sp³-hybridized carbons (Fsp3) is 0.250. The summed E-state index contributed by atoms with van der Waals surface area (Å²) in [7, 11) is 0. The van der Waals surface area contributed by atoms with Crippen molar-refractivity contribution in [3.63, 3.8) is 0 Å². The van der Waals surface area contributed by atoms with E-state index in [4.69, 9.17) is 5.11 Å². The predicted octanol–water partition coefficient (Wildman–Crippen LogP) is 1.13. The van der Waals surface area contributed by atoms with Gasteiger partial charge in [-0.1, -0.05) is 30.3 Å². The van der Waals surface area contributed by atoms with Gasteiger partial charge in [0.15, 0.2) is 0 Å². The average Bonchev–Trinajstić information content (AvgIpc) is 2.25. The lowest BCUT2D eigenvalue weighted by Gasteiger charge is -2.12. The second-order valence-corrected chi connectivity index (χ2v) is 3.45. The van der Waals surface area contributed by atoms with Crippen LogP contribution < -0.4 is 5.32 Å². The monoisotopic (exact) mass is 221 g/mol. The fourth-order valence-electron chi connectivity index (χ4n) is 1.25. The molecule has 1 unspecified atom stereocenters. The van der Waals surface area contributed by atoms with Crippen molar-refractivity contribution in [2.75, 3.05) is 0 Å². The number of hydrogen-bond donors (Lipinski definition) is 3. The molecular weight excluding hydrogens is 206 g/mol. The highest BCUT2D eigenvalue weighted by atomic mass is 16.4. The maximum absolute atomic E-state index is 10.5. The molecule has 0 aliphatic carbocycles. The molecule has 0 aromatic heterocycles. The zero-order valence-electron chi connectivity index (χ0n) is 9.05. The zero-order valence-corrected chi connectivity index (χ0v) is 9.05. The van der Waals surface area contributed by atoms with Gasteiger partial charge in [0.1, 0.15) is 0 Å². The van der Waals surface area contributed by atoms with Gasteiger partial charge in [-0.2, -0.15) is 0 Å². The number of benzene rings is 1. The van der Waals surface area contributed by atoms with Crippen LogP contribution in [0.4, 0.5) is 0 Å². The number of hydrogen-bond acceptors (Lipinski definition) is 3. The van der Waals surface area contributed by atoms with Gasteiger partial charge in [0, 0.05) is 18.3 Å². The molecule has 0 fully saturated rings. The molecule has 1 aromatic rings. The number of aliphatic hydroxyl groups is 1. The lowest BCUT2D eigenvalue weighted by atomic mass is 10.2. The first-order valence-corrected chi connectivity index (χ1v) is 5.00. The highest BCUT2D eigenvalue weighted by molar-refractivity contribution is 5.80. The Bertz CT molecular complexity index is 371. The molecule has 0 aliphatic heterocycles. The second kappa shape index (κ2) is 5.92. The highest BCUT2D eigenvalue weighted by Gasteiger charge is 2.06. The Hall–Kier alpha value is -1.81. The van der Waals surface area contributed by atoms with Gasteiger partial charge < -0.3 is 15.5 Å². The Balaban J connectivity index is 2.61. The lowest BCUT2D eigenvalue weighted by molar-refractivity contribution is -0.131. The van der Waals surface area contributed by atoms with E-state index in [0.29, 0.717) is 12.2 Å². The Morgan fingerprint density at radius 3 is 2.56 bits per heavy atom. The SMILES string of the molecule is CC(O)C(=CC(=O)O)NCc1ccccc1. The molecule has 0 saturated heterocycles. The molecule has 0 spiro atoms. The first-order chi connectivity index (χ1) is 7.59. The topological polar surface area (TPSA) is 69.6 Å². The first kappa shape index (κ1) is 12.3. The molecule has 0 heterocycles. The molecule has 1 aromatic carbocycles. The molecule has 0 radical (unpaired) electrons. The summed E-state index contributed by atoms with van der Waals surface area (Å²) < 4.78 is 0. The van der Waals surface area contributed by atoms with Gasteiger partial charge in [-0.3, -0.25) is 0 Å². The van der Waals surface area contributed by atoms with E-state index in [1.54, 1.807) is 0 Å². The van der Waals surface area contributed by atoms with Crippen LogP contribution in [-0.2, 0) is 11.3 Å². The number of aliphatic carboxylic acids is 1. The maximum atomic E-state index is 10.5. The summed E-state index contributed by atoms with van der Waals surface area (Å²) in [6.45, 7) is 2.01. The van der Waals surface area contributed by atoms with Crippen molar-refractivity contribution in [2.24, 2.45) is 0 Å². The average molecular weight is 221 g/mol. The quantitative estimate of drug-likeness (QED) is 0.652. The van der Waals surface area contributed by atoms with Crippen LogP contribution in [0.1, 0.15) is 12.5 Å². The number of carboxylic acid groups (broad SMARTS) is 1. The van der Waals surface area contributed by atoms with Gasteiger partial charge in [-0.15, -0.1) is 0 Å². The van der Waals surface area contributed by atoms with E-state index in [1.807, 2.05) is 30.3 Å². The van der Waals surface area contributed by atoms with Crippen molar-refractivity contribution in [1.29, 1.82) is 0 Å². The summed E-state index contributed by atoms with van der Waals surface area (Å²) in [5.74, 6) is -1.07. The van der Waals surface area contributed by atoms with E-state index < -0.39 is 12.1 Å². The minimum Gasteiger partial charge on any atom is -0.478 e. The molecule has 1 atom stereocenters. The fourth-order valence-corrected chi connectivity index (χ4v) is 1.25. The van der Waals surface area contributed by atoms with Crippen molar-refractivity contribution in [3.8, 4) is 0 Å². The van der Waals surface area contributed by atoms with E-state index in [2.05, 4.69) is 5.32 Å².